The zero-order valence-electron chi connectivity index (χ0n) is 37.5. The van der Waals surface area contributed by atoms with Gasteiger partial charge in [-0.05, 0) is 50.9 Å². The number of rotatable bonds is 42. The number of hydrogen-bond acceptors (Lipinski definition) is 11. The van der Waals surface area contributed by atoms with E-state index in [1.807, 2.05) is 12.2 Å². The van der Waals surface area contributed by atoms with E-state index in [2.05, 4.69) is 54.1 Å². The fraction of sp³-hybridized carbons (Fsp3) is 0.778. The number of hydrogen-bond donors (Lipinski definition) is 5. The van der Waals surface area contributed by atoms with Gasteiger partial charge < -0.3 is 34.4 Å². The molecule has 0 spiro atoms. The number of ether oxygens (including phenoxy) is 2. The average molecular weight is 909 g/mol. The van der Waals surface area contributed by atoms with Crippen molar-refractivity contribution in [3.05, 3.63) is 48.6 Å². The van der Waals surface area contributed by atoms with E-state index in [1.165, 1.54) is 83.5 Å². The Kier molecular flexibility index (Phi) is 38.3. The lowest BCUT2D eigenvalue weighted by Gasteiger charge is -2.20. The third kappa shape index (κ3) is 44.4. The van der Waals surface area contributed by atoms with Crippen molar-refractivity contribution in [2.24, 2.45) is 5.92 Å². The molecule has 0 aromatic heterocycles. The largest absolute Gasteiger partial charge is 0.472 e. The Balaban J connectivity index is 4.68. The van der Waals surface area contributed by atoms with Crippen molar-refractivity contribution in [1.82, 2.24) is 0 Å². The predicted octanol–water partition coefficient (Wildman–Crippen LogP) is 10.7. The maximum absolute atomic E-state index is 12.7. The molecule has 0 aliphatic carbocycles. The van der Waals surface area contributed by atoms with E-state index in [-0.39, 0.29) is 25.7 Å². The van der Waals surface area contributed by atoms with Gasteiger partial charge in [0.05, 0.1) is 25.9 Å². The molecule has 0 amide bonds. The molecule has 5 N–H and O–H groups in total. The topological polar surface area (TPSA) is 216 Å². The highest BCUT2D eigenvalue weighted by molar-refractivity contribution is 7.47. The van der Waals surface area contributed by atoms with Gasteiger partial charge in [0.1, 0.15) is 12.7 Å². The normalized spacial score (nSPS) is 15.0. The third-order valence-corrected chi connectivity index (χ3v) is 10.9. The Bertz CT molecular complexity index is 1300. The molecule has 0 heterocycles. The summed E-state index contributed by atoms with van der Waals surface area (Å²) < 4.78 is 47.7. The second-order valence-electron chi connectivity index (χ2n) is 16.0. The van der Waals surface area contributed by atoms with Crippen LogP contribution in [0, 0.1) is 5.92 Å². The fourth-order valence-corrected chi connectivity index (χ4v) is 7.14. The number of phosphoric acid groups is 2. The Morgan fingerprint density at radius 1 is 0.574 bits per heavy atom. The second kappa shape index (κ2) is 39.6. The van der Waals surface area contributed by atoms with Gasteiger partial charge in [0.2, 0.25) is 0 Å². The van der Waals surface area contributed by atoms with Crippen LogP contribution in [-0.2, 0) is 41.8 Å². The molecule has 0 aliphatic rings. The molecule has 0 radical (unpaired) electrons. The van der Waals surface area contributed by atoms with Crippen molar-refractivity contribution in [2.45, 2.75) is 193 Å². The van der Waals surface area contributed by atoms with Gasteiger partial charge >= 0.3 is 27.6 Å². The first kappa shape index (κ1) is 59.0. The minimum absolute atomic E-state index is 0.0966. The number of carbonyl (C=O) groups excluding carboxylic acids is 2. The van der Waals surface area contributed by atoms with Crippen LogP contribution < -0.4 is 0 Å². The molecule has 0 rings (SSSR count). The number of carbonyl (C=O) groups is 2. The first-order chi connectivity index (χ1) is 29.1. The Labute approximate surface area is 367 Å². The van der Waals surface area contributed by atoms with Gasteiger partial charge in [0.15, 0.2) is 6.10 Å². The van der Waals surface area contributed by atoms with Gasteiger partial charge in [0.25, 0.3) is 0 Å². The summed E-state index contributed by atoms with van der Waals surface area (Å²) in [4.78, 5) is 52.8. The first-order valence-electron chi connectivity index (χ1n) is 22.8. The van der Waals surface area contributed by atoms with Crippen molar-refractivity contribution in [3.63, 3.8) is 0 Å². The molecule has 0 aromatic carbocycles. The van der Waals surface area contributed by atoms with E-state index in [1.54, 1.807) is 12.2 Å². The number of phosphoric ester groups is 2. The fourth-order valence-electron chi connectivity index (χ4n) is 5.99. The number of allylic oxidation sites excluding steroid dienone is 7. The van der Waals surface area contributed by atoms with Gasteiger partial charge in [-0.2, -0.15) is 0 Å². The van der Waals surface area contributed by atoms with Crippen LogP contribution in [0.2, 0.25) is 0 Å². The smallest absolute Gasteiger partial charge is 0.462 e. The van der Waals surface area contributed by atoms with E-state index < -0.39 is 72.3 Å². The maximum Gasteiger partial charge on any atom is 0.472 e. The van der Waals surface area contributed by atoms with Crippen LogP contribution in [0.5, 0.6) is 0 Å². The summed E-state index contributed by atoms with van der Waals surface area (Å²) in [5.41, 5.74) is 0. The molecule has 4 atom stereocenters. The predicted molar refractivity (Wildman–Crippen MR) is 240 cm³/mol. The molecule has 0 bridgehead atoms. The molecular formula is C45H82O14P2. The van der Waals surface area contributed by atoms with Gasteiger partial charge in [-0.25, -0.2) is 9.13 Å². The molecule has 0 saturated heterocycles. The van der Waals surface area contributed by atoms with Gasteiger partial charge in [-0.3, -0.25) is 23.2 Å². The van der Waals surface area contributed by atoms with Crippen molar-refractivity contribution in [2.75, 3.05) is 26.4 Å². The summed E-state index contributed by atoms with van der Waals surface area (Å²) in [5.74, 6) is -0.435. The highest BCUT2D eigenvalue weighted by Gasteiger charge is 2.28. The van der Waals surface area contributed by atoms with E-state index in [0.717, 1.165) is 44.4 Å². The van der Waals surface area contributed by atoms with Crippen LogP contribution in [0.15, 0.2) is 48.6 Å². The Morgan fingerprint density at radius 3 is 1.72 bits per heavy atom. The summed E-state index contributed by atoms with van der Waals surface area (Å²) >= 11 is 0. The summed E-state index contributed by atoms with van der Waals surface area (Å²) in [6.45, 7) is 3.84. The van der Waals surface area contributed by atoms with Gasteiger partial charge in [-0.1, -0.05) is 166 Å². The number of unbranched alkanes of at least 4 members (excludes halogenated alkanes) is 15. The van der Waals surface area contributed by atoms with Crippen molar-refractivity contribution in [1.29, 1.82) is 0 Å². The zero-order valence-corrected chi connectivity index (χ0v) is 39.3. The number of aliphatic hydroxyl groups excluding tert-OH is 2. The lowest BCUT2D eigenvalue weighted by atomic mass is 10.0. The van der Waals surface area contributed by atoms with Gasteiger partial charge in [0, 0.05) is 12.8 Å². The van der Waals surface area contributed by atoms with E-state index in [0.29, 0.717) is 6.42 Å². The first-order valence-corrected chi connectivity index (χ1v) is 25.8. The van der Waals surface area contributed by atoms with Crippen molar-refractivity contribution >= 4 is 27.6 Å². The summed E-state index contributed by atoms with van der Waals surface area (Å²) in [7, 11) is -9.75. The van der Waals surface area contributed by atoms with E-state index >= 15 is 0 Å². The van der Waals surface area contributed by atoms with Crippen LogP contribution in [0.4, 0.5) is 0 Å². The molecule has 356 valence electrons. The van der Waals surface area contributed by atoms with E-state index in [9.17, 15) is 33.8 Å². The summed E-state index contributed by atoms with van der Waals surface area (Å²) in [6.07, 6.45) is 35.6. The van der Waals surface area contributed by atoms with Crippen molar-refractivity contribution in [3.8, 4) is 0 Å². The third-order valence-electron chi connectivity index (χ3n) is 9.49. The Morgan fingerprint density at radius 2 is 1.11 bits per heavy atom. The van der Waals surface area contributed by atoms with Crippen LogP contribution in [0.3, 0.4) is 0 Å². The summed E-state index contributed by atoms with van der Waals surface area (Å²) in [6, 6.07) is 0. The molecule has 0 aromatic rings. The minimum atomic E-state index is -4.89. The summed E-state index contributed by atoms with van der Waals surface area (Å²) in [5, 5.41) is 20.1. The lowest BCUT2D eigenvalue weighted by molar-refractivity contribution is -0.161. The molecular weight excluding hydrogens is 826 g/mol. The minimum Gasteiger partial charge on any atom is -0.462 e. The monoisotopic (exact) mass is 909 g/mol. The molecule has 0 saturated carbocycles. The standard InChI is InChI=1S/C45H82O14P2/c1-4-5-6-7-8-9-10-12-16-19-22-25-28-32-41(46)33-30-35-45(49)59-43(39-58-61(53,54)57-37-42(47)36-56-60(50,51)52)38-55-44(48)34-29-26-23-20-17-14-11-13-15-18-21-24-27-31-40(2)3/h8-9,12,16,22,25,28,32,40-43,46-47H,4-7,10-11,13-15,17-21,23-24,26-27,29-31,33-39H2,1-3H3,(H,53,54)(H2,50,51,52)/b9-8-,16-12-,25-22-,32-28+/t41-,42-,43+/m0/s1. The molecule has 14 nitrogen and oxygen atoms in total. The Hall–Kier alpha value is -1.96. The molecule has 0 aliphatic heterocycles. The molecule has 61 heavy (non-hydrogen) atoms. The highest BCUT2D eigenvalue weighted by atomic mass is 31.2. The number of aliphatic hydroxyl groups is 2. The average Bonchev–Trinajstić information content (AvgIpc) is 3.20. The van der Waals surface area contributed by atoms with Crippen LogP contribution >= 0.6 is 15.6 Å². The van der Waals surface area contributed by atoms with Crippen LogP contribution in [0.1, 0.15) is 175 Å². The molecule has 16 heteroatoms. The quantitative estimate of drug-likeness (QED) is 0.0127. The lowest BCUT2D eigenvalue weighted by Crippen LogP contribution is -2.30. The molecule has 0 fully saturated rings. The van der Waals surface area contributed by atoms with Crippen LogP contribution in [0.25, 0.3) is 0 Å². The maximum atomic E-state index is 12.7. The van der Waals surface area contributed by atoms with E-state index in [4.69, 9.17) is 23.8 Å². The second-order valence-corrected chi connectivity index (χ2v) is 18.7. The SMILES string of the molecule is CCCCC/C=C\C/C=C\C/C=C\C=C\[C@H](O)CCCC(=O)O[C@H](COC(=O)CCCCCCCCCCCCCCCC(C)C)COP(=O)(O)OC[C@@H](O)COP(=O)(O)O. The van der Waals surface area contributed by atoms with Gasteiger partial charge in [-0.15, -0.1) is 0 Å². The number of esters is 2. The van der Waals surface area contributed by atoms with Crippen LogP contribution in [-0.4, -0.2) is 81.6 Å². The highest BCUT2D eigenvalue weighted by Crippen LogP contribution is 2.43. The van der Waals surface area contributed by atoms with Crippen molar-refractivity contribution < 1.29 is 66.7 Å². The zero-order chi connectivity index (χ0) is 45.5. The molecule has 1 unspecified atom stereocenters.